The number of fused-ring (bicyclic) bond motifs is 3. The summed E-state index contributed by atoms with van der Waals surface area (Å²) in [4.78, 5) is 109. The molecule has 3 saturated carbocycles. The zero-order valence-electron chi connectivity index (χ0n) is 53.7. The molecule has 24 nitrogen and oxygen atoms in total. The van der Waals surface area contributed by atoms with E-state index in [0.717, 1.165) is 161 Å². The third-order valence-electron chi connectivity index (χ3n) is 19.1. The minimum Gasteiger partial charge on any atom is -0.381 e. The van der Waals surface area contributed by atoms with Gasteiger partial charge in [-0.1, -0.05) is 52.4 Å². The lowest BCUT2D eigenvalue weighted by Crippen LogP contribution is -2.53. The van der Waals surface area contributed by atoms with Crippen molar-refractivity contribution in [1.82, 2.24) is 75.5 Å². The topological polar surface area (TPSA) is 272 Å². The molecule has 0 bridgehead atoms. The number of carbonyl (C=O) groups is 8. The first-order valence-electron chi connectivity index (χ1n) is 32.8. The maximum absolute atomic E-state index is 13.1. The van der Waals surface area contributed by atoms with Crippen LogP contribution < -0.4 is 26.6 Å². The van der Waals surface area contributed by atoms with Crippen LogP contribution in [0.4, 0.5) is 9.59 Å². The quantitative estimate of drug-likeness (QED) is 0.0602. The Kier molecular flexibility index (Phi) is 20.6. The normalized spacial score (nSPS) is 21.2. The monoisotopic (exact) mass is 1310 g/mol. The van der Waals surface area contributed by atoms with E-state index in [1.807, 2.05) is 57.7 Å². The summed E-state index contributed by atoms with van der Waals surface area (Å²) in [5, 5.41) is 31.6. The Morgan fingerprint density at radius 1 is 0.593 bits per heavy atom. The van der Waals surface area contributed by atoms with Crippen molar-refractivity contribution in [1.29, 1.82) is 0 Å². The van der Waals surface area contributed by atoms with Gasteiger partial charge in [0.05, 0.1) is 69.5 Å². The summed E-state index contributed by atoms with van der Waals surface area (Å²) in [7, 11) is 0. The lowest BCUT2D eigenvalue weighted by Gasteiger charge is -2.41. The Hall–Kier alpha value is -6.81. The van der Waals surface area contributed by atoms with Crippen molar-refractivity contribution in [3.63, 3.8) is 0 Å². The zero-order valence-corrected chi connectivity index (χ0v) is 56.1. The first-order chi connectivity index (χ1) is 43.7. The van der Waals surface area contributed by atoms with Gasteiger partial charge < -0.3 is 36.2 Å². The molecule has 4 saturated heterocycles. The van der Waals surface area contributed by atoms with E-state index < -0.39 is 11.4 Å². The summed E-state index contributed by atoms with van der Waals surface area (Å²) < 4.78 is 11.9. The van der Waals surface area contributed by atoms with Crippen molar-refractivity contribution >= 4 is 112 Å². The van der Waals surface area contributed by atoms with Crippen LogP contribution in [0.2, 0.25) is 0 Å². The average Bonchev–Trinajstić information content (AvgIpc) is 1.73. The summed E-state index contributed by atoms with van der Waals surface area (Å²) >= 11 is 4.52. The van der Waals surface area contributed by atoms with Gasteiger partial charge in [0.15, 0.2) is 0 Å². The molecule has 0 spiro atoms. The van der Waals surface area contributed by atoms with Gasteiger partial charge in [0.1, 0.15) is 14.5 Å². The Morgan fingerprint density at radius 2 is 1.04 bits per heavy atom. The van der Waals surface area contributed by atoms with Crippen LogP contribution in [0.15, 0.2) is 18.2 Å². The van der Waals surface area contributed by atoms with Gasteiger partial charge in [0.25, 0.3) is 17.7 Å². The van der Waals surface area contributed by atoms with Crippen LogP contribution in [-0.4, -0.2) is 187 Å². The number of carbonyl (C=O) groups excluding carboxylic acids is 8. The minimum atomic E-state index is -0.432. The number of nitrogens with zero attached hydrogens (tertiary/aromatic N) is 10. The molecule has 3 aliphatic carbocycles. The van der Waals surface area contributed by atoms with Crippen LogP contribution in [0, 0.1) is 26.2 Å². The molecule has 0 unspecified atom stereocenters. The lowest BCUT2D eigenvalue weighted by molar-refractivity contribution is -0.131. The first-order valence-corrected chi connectivity index (χ1v) is 35.2. The number of imide groups is 2. The molecule has 4 aliphatic heterocycles. The fourth-order valence-electron chi connectivity index (χ4n) is 13.9. The number of urea groups is 2. The third-order valence-corrected chi connectivity index (χ3v) is 22.5. The van der Waals surface area contributed by atoms with Gasteiger partial charge in [0, 0.05) is 99.1 Å². The maximum Gasteiger partial charge on any atom is 0.324 e. The molecule has 1 atom stereocenters. The van der Waals surface area contributed by atoms with Crippen molar-refractivity contribution in [2.24, 2.45) is 5.41 Å². The van der Waals surface area contributed by atoms with Crippen LogP contribution in [0.1, 0.15) is 195 Å². The molecular weight excluding hydrogens is 1220 g/mol. The van der Waals surface area contributed by atoms with Crippen LogP contribution >= 0.6 is 34.0 Å². The molecule has 6 aromatic rings. The largest absolute Gasteiger partial charge is 0.381 e. The van der Waals surface area contributed by atoms with Crippen LogP contribution in [0.5, 0.6) is 0 Å². The second-order valence-electron chi connectivity index (χ2n) is 26.5. The predicted molar refractivity (Wildman–Crippen MR) is 351 cm³/mol. The van der Waals surface area contributed by atoms with E-state index in [0.29, 0.717) is 40.5 Å². The van der Waals surface area contributed by atoms with Gasteiger partial charge in [-0.3, -0.25) is 57.5 Å². The van der Waals surface area contributed by atoms with Crippen LogP contribution in [0.3, 0.4) is 0 Å². The Labute approximate surface area is 542 Å². The summed E-state index contributed by atoms with van der Waals surface area (Å²) in [6.45, 7) is 19.3. The van der Waals surface area contributed by atoms with Gasteiger partial charge >= 0.3 is 12.1 Å². The highest BCUT2D eigenvalue weighted by atomic mass is 32.1. The number of rotatable bonds is 15. The number of hydrogen-bond donors (Lipinski definition) is 5. The summed E-state index contributed by atoms with van der Waals surface area (Å²) in [6, 6.07) is 6.76. The molecule has 7 aliphatic rings. The molecule has 91 heavy (non-hydrogen) atoms. The number of piperazine rings is 1. The number of aromatic nitrogens is 6. The van der Waals surface area contributed by atoms with E-state index >= 15 is 0 Å². The highest BCUT2D eigenvalue weighted by molar-refractivity contribution is 7.21. The molecule has 13 rings (SSSR count). The van der Waals surface area contributed by atoms with Gasteiger partial charge in [-0.15, -0.1) is 34.0 Å². The van der Waals surface area contributed by atoms with Gasteiger partial charge in [-0.05, 0) is 110 Å². The van der Waals surface area contributed by atoms with E-state index in [-0.39, 0.29) is 79.7 Å². The Bertz CT molecular complexity index is 3620. The number of ether oxygens (including phenoxy) is 1. The SMILES string of the molecule is CC(=O)N1CCN(C2CCC(NC(=O)c3cc4c(C)nn(C5CCOCC5)c4s3)CC2)CC1.Cc1nn(C2CCCCC2)c2sc(C(=O)NCC(C)(C)CN3C(=O)CNC3=O)cc12.Cc1nn(C2CCCCC2)c2sc(C(=O)N[C@H](C)CN3C(=O)CNC3=O)cc12. The average molecular weight is 1310 g/mol. The minimum absolute atomic E-state index is 0.0206. The van der Waals surface area contributed by atoms with Gasteiger partial charge in [-0.25, -0.2) is 9.59 Å². The molecule has 10 heterocycles. The first kappa shape index (κ1) is 65.7. The van der Waals surface area contributed by atoms with Crippen molar-refractivity contribution in [3.05, 3.63) is 49.9 Å². The molecule has 5 N–H and O–H groups in total. The summed E-state index contributed by atoms with van der Waals surface area (Å²) in [5.41, 5.74) is 2.48. The Morgan fingerprint density at radius 3 is 1.51 bits per heavy atom. The number of aryl methyl sites for hydroxylation is 3. The highest BCUT2D eigenvalue weighted by Gasteiger charge is 2.36. The van der Waals surface area contributed by atoms with Crippen molar-refractivity contribution in [3.8, 4) is 0 Å². The number of amides is 10. The fraction of sp³-hybridized carbons (Fsp3) is 0.641. The second kappa shape index (κ2) is 28.6. The van der Waals surface area contributed by atoms with Crippen molar-refractivity contribution in [2.75, 3.05) is 72.1 Å². The molecule has 0 radical (unpaired) electrons. The maximum atomic E-state index is 13.1. The molecule has 7 fully saturated rings. The molecule has 492 valence electrons. The van der Waals surface area contributed by atoms with E-state index in [1.165, 1.54) is 66.1 Å². The smallest absolute Gasteiger partial charge is 0.324 e. The third kappa shape index (κ3) is 15.2. The fourth-order valence-corrected chi connectivity index (χ4v) is 17.3. The van der Waals surface area contributed by atoms with Gasteiger partial charge in [-0.2, -0.15) is 15.3 Å². The molecule has 6 aromatic heterocycles. The molecule has 27 heteroatoms. The zero-order chi connectivity index (χ0) is 64.3. The van der Waals surface area contributed by atoms with Crippen molar-refractivity contribution < 1.29 is 43.1 Å². The van der Waals surface area contributed by atoms with E-state index in [1.54, 1.807) is 25.2 Å². The van der Waals surface area contributed by atoms with E-state index in [4.69, 9.17) is 20.0 Å². The van der Waals surface area contributed by atoms with Crippen molar-refractivity contribution in [2.45, 2.75) is 187 Å². The lowest BCUT2D eigenvalue weighted by atomic mass is 9.89. The van der Waals surface area contributed by atoms with Crippen LogP contribution in [0.25, 0.3) is 30.6 Å². The summed E-state index contributed by atoms with van der Waals surface area (Å²) in [6.07, 6.45) is 18.3. The molecule has 0 aromatic carbocycles. The van der Waals surface area contributed by atoms with Crippen LogP contribution in [-0.2, 0) is 19.1 Å². The number of hydrogen-bond acceptors (Lipinski definition) is 16. The number of nitrogens with one attached hydrogen (secondary N) is 5. The predicted octanol–water partition coefficient (Wildman–Crippen LogP) is 8.76. The van der Waals surface area contributed by atoms with E-state index in [9.17, 15) is 38.4 Å². The summed E-state index contributed by atoms with van der Waals surface area (Å²) in [5.74, 6) is -0.583. The molecular formula is C64H89N15O9S3. The van der Waals surface area contributed by atoms with Gasteiger partial charge in [0.2, 0.25) is 17.7 Å². The Balaban J connectivity index is 0.000000141. The highest BCUT2D eigenvalue weighted by Crippen LogP contribution is 2.39. The second-order valence-corrected chi connectivity index (χ2v) is 29.6. The van der Waals surface area contributed by atoms with E-state index in [2.05, 4.69) is 45.5 Å². The molecule has 10 amide bonds. The number of thiophene rings is 3. The standard InChI is InChI=1S/C24H35N5O3S.C21H29N5O3S.C19H25N5O3S/c1-16-21-15-22(33-24(21)29(26-16)20-7-13-32-14-8-20)23(31)25-18-3-5-19(6-4-18)28-11-9-27(10-12-28)17(2)30;1-13-15-9-16(30-19(15)26(24-13)14-7-5-4-6-8-14)18(28)23-11-21(2,3)12-25-17(27)10-22-20(25)29;1-11(10-23-16(25)9-20-19(23)27)21-17(26)15-8-14-12(2)22-24(18(14)28-15)13-6-4-3-5-7-13/h15,18-20H,3-14H2,1-2H3,(H,25,31);9,14H,4-8,10-12H2,1-3H3,(H,22,29)(H,23,28);8,11,13H,3-7,9-10H2,1-2H3,(H,20,27)(H,21,26)/t;;11-/m..1/s1.